The molecule has 1 aromatic heterocycles. The molecule has 0 fully saturated rings. The molecule has 0 unspecified atom stereocenters. The first kappa shape index (κ1) is 11.5. The molecule has 6 heteroatoms. The summed E-state index contributed by atoms with van der Waals surface area (Å²) in [7, 11) is 0. The number of hydrogen-bond acceptors (Lipinski definition) is 5. The third kappa shape index (κ3) is 2.79. The highest BCUT2D eigenvalue weighted by atomic mass is 32.1. The lowest BCUT2D eigenvalue weighted by molar-refractivity contribution is 0.0697. The molecule has 0 amide bonds. The number of carboxylic acids is 1. The highest BCUT2D eigenvalue weighted by molar-refractivity contribution is 7.03. The van der Waals surface area contributed by atoms with Crippen LogP contribution >= 0.6 is 11.5 Å². The maximum Gasteiger partial charge on any atom is 0.335 e. The SMILES string of the molecule is Cc1cc(C(=O)O)ccc1NCc1csnn1. The Morgan fingerprint density at radius 2 is 2.35 bits per heavy atom. The molecule has 0 aliphatic heterocycles. The number of carbonyl (C=O) groups is 1. The minimum atomic E-state index is -0.914. The van der Waals surface area contributed by atoms with E-state index in [2.05, 4.69) is 14.9 Å². The lowest BCUT2D eigenvalue weighted by Gasteiger charge is -2.08. The van der Waals surface area contributed by atoms with E-state index in [0.717, 1.165) is 16.9 Å². The molecule has 1 aromatic carbocycles. The second-order valence-corrected chi connectivity index (χ2v) is 4.19. The van der Waals surface area contributed by atoms with Crippen molar-refractivity contribution >= 4 is 23.2 Å². The summed E-state index contributed by atoms with van der Waals surface area (Å²) in [5, 5.41) is 17.8. The quantitative estimate of drug-likeness (QED) is 0.868. The number of aryl methyl sites for hydroxylation is 1. The topological polar surface area (TPSA) is 75.1 Å². The van der Waals surface area contributed by atoms with Crippen LogP contribution in [0.1, 0.15) is 21.6 Å². The van der Waals surface area contributed by atoms with E-state index >= 15 is 0 Å². The summed E-state index contributed by atoms with van der Waals surface area (Å²) in [5.74, 6) is -0.914. The van der Waals surface area contributed by atoms with Crippen LogP contribution in [0.5, 0.6) is 0 Å². The molecule has 0 aliphatic rings. The zero-order valence-electron chi connectivity index (χ0n) is 9.17. The molecule has 0 atom stereocenters. The Labute approximate surface area is 102 Å². The van der Waals surface area contributed by atoms with Gasteiger partial charge in [0.05, 0.1) is 17.8 Å². The van der Waals surface area contributed by atoms with Crippen molar-refractivity contribution in [1.29, 1.82) is 0 Å². The van der Waals surface area contributed by atoms with Gasteiger partial charge in [0, 0.05) is 11.1 Å². The van der Waals surface area contributed by atoms with Gasteiger partial charge in [-0.25, -0.2) is 4.79 Å². The second kappa shape index (κ2) is 4.92. The maximum atomic E-state index is 10.8. The Hall–Kier alpha value is -1.95. The lowest BCUT2D eigenvalue weighted by Crippen LogP contribution is -2.03. The van der Waals surface area contributed by atoms with Crippen molar-refractivity contribution in [2.75, 3.05) is 5.32 Å². The fraction of sp³-hybridized carbons (Fsp3) is 0.182. The summed E-state index contributed by atoms with van der Waals surface area (Å²) in [4.78, 5) is 10.8. The van der Waals surface area contributed by atoms with Gasteiger partial charge in [-0.05, 0) is 42.2 Å². The van der Waals surface area contributed by atoms with E-state index in [1.165, 1.54) is 11.5 Å². The number of rotatable bonds is 4. The summed E-state index contributed by atoms with van der Waals surface area (Å²) in [6.45, 7) is 2.46. The Bertz CT molecular complexity index is 526. The lowest BCUT2D eigenvalue weighted by atomic mass is 10.1. The van der Waals surface area contributed by atoms with Gasteiger partial charge in [0.15, 0.2) is 0 Å². The molecule has 2 N–H and O–H groups in total. The van der Waals surface area contributed by atoms with Crippen LogP contribution in [0.25, 0.3) is 0 Å². The standard InChI is InChI=1S/C11H11N3O2S/c1-7-4-8(11(15)16)2-3-10(7)12-5-9-6-17-14-13-9/h2-4,6,12H,5H2,1H3,(H,15,16). The molecule has 17 heavy (non-hydrogen) atoms. The molecule has 0 spiro atoms. The Morgan fingerprint density at radius 1 is 1.53 bits per heavy atom. The van der Waals surface area contributed by atoms with E-state index in [4.69, 9.17) is 5.11 Å². The van der Waals surface area contributed by atoms with Crippen molar-refractivity contribution in [1.82, 2.24) is 9.59 Å². The monoisotopic (exact) mass is 249 g/mol. The molecule has 0 saturated carbocycles. The fourth-order valence-corrected chi connectivity index (χ4v) is 1.89. The number of benzene rings is 1. The van der Waals surface area contributed by atoms with Crippen molar-refractivity contribution < 1.29 is 9.90 Å². The highest BCUT2D eigenvalue weighted by Gasteiger charge is 2.05. The van der Waals surface area contributed by atoms with Gasteiger partial charge >= 0.3 is 5.97 Å². The van der Waals surface area contributed by atoms with Gasteiger partial charge in [-0.3, -0.25) is 0 Å². The van der Waals surface area contributed by atoms with Crippen LogP contribution in [0.3, 0.4) is 0 Å². The summed E-state index contributed by atoms with van der Waals surface area (Å²) in [6.07, 6.45) is 0. The van der Waals surface area contributed by atoms with Crippen molar-refractivity contribution in [3.63, 3.8) is 0 Å². The normalized spacial score (nSPS) is 10.2. The molecule has 5 nitrogen and oxygen atoms in total. The number of nitrogens with one attached hydrogen (secondary N) is 1. The first-order chi connectivity index (χ1) is 8.16. The highest BCUT2D eigenvalue weighted by Crippen LogP contribution is 2.17. The number of aromatic nitrogens is 2. The van der Waals surface area contributed by atoms with Crippen LogP contribution in [0.2, 0.25) is 0 Å². The third-order valence-corrected chi connectivity index (χ3v) is 2.89. The number of hydrogen-bond donors (Lipinski definition) is 2. The zero-order valence-corrected chi connectivity index (χ0v) is 9.99. The molecule has 2 rings (SSSR count). The minimum Gasteiger partial charge on any atom is -0.478 e. The van der Waals surface area contributed by atoms with Crippen LogP contribution in [0.15, 0.2) is 23.6 Å². The van der Waals surface area contributed by atoms with Crippen molar-refractivity contribution in [2.24, 2.45) is 0 Å². The summed E-state index contributed by atoms with van der Waals surface area (Å²) in [5.41, 5.74) is 2.97. The zero-order chi connectivity index (χ0) is 12.3. The van der Waals surface area contributed by atoms with Crippen LogP contribution in [0.4, 0.5) is 5.69 Å². The molecule has 0 saturated heterocycles. The molecule has 0 bridgehead atoms. The van der Waals surface area contributed by atoms with Crippen LogP contribution < -0.4 is 5.32 Å². The van der Waals surface area contributed by atoms with E-state index in [-0.39, 0.29) is 0 Å². The van der Waals surface area contributed by atoms with Gasteiger partial charge < -0.3 is 10.4 Å². The van der Waals surface area contributed by atoms with E-state index in [1.807, 2.05) is 12.3 Å². The summed E-state index contributed by atoms with van der Waals surface area (Å²) < 4.78 is 3.77. The smallest absolute Gasteiger partial charge is 0.335 e. The van der Waals surface area contributed by atoms with E-state index in [0.29, 0.717) is 12.1 Å². The number of aromatic carboxylic acids is 1. The Morgan fingerprint density at radius 3 is 2.94 bits per heavy atom. The van der Waals surface area contributed by atoms with Crippen LogP contribution in [-0.2, 0) is 6.54 Å². The van der Waals surface area contributed by atoms with Gasteiger partial charge in [0.1, 0.15) is 0 Å². The van der Waals surface area contributed by atoms with Crippen LogP contribution in [0, 0.1) is 6.92 Å². The minimum absolute atomic E-state index is 0.295. The van der Waals surface area contributed by atoms with Crippen LogP contribution in [-0.4, -0.2) is 20.7 Å². The van der Waals surface area contributed by atoms with E-state index < -0.39 is 5.97 Å². The van der Waals surface area contributed by atoms with Gasteiger partial charge in [-0.1, -0.05) is 4.49 Å². The summed E-state index contributed by atoms with van der Waals surface area (Å²) in [6, 6.07) is 4.99. The van der Waals surface area contributed by atoms with Crippen molar-refractivity contribution in [3.05, 3.63) is 40.4 Å². The van der Waals surface area contributed by atoms with Gasteiger partial charge in [0.2, 0.25) is 0 Å². The first-order valence-electron chi connectivity index (χ1n) is 5.00. The Balaban J connectivity index is 2.09. The van der Waals surface area contributed by atoms with Gasteiger partial charge in [-0.2, -0.15) is 0 Å². The third-order valence-electron chi connectivity index (χ3n) is 2.34. The first-order valence-corrected chi connectivity index (χ1v) is 5.84. The number of carboxylic acid groups (broad SMARTS) is 1. The second-order valence-electron chi connectivity index (χ2n) is 3.58. The predicted molar refractivity (Wildman–Crippen MR) is 65.4 cm³/mol. The molecular formula is C11H11N3O2S. The van der Waals surface area contributed by atoms with E-state index in [1.54, 1.807) is 18.2 Å². The number of nitrogens with zero attached hydrogens (tertiary/aromatic N) is 2. The predicted octanol–water partition coefficient (Wildman–Crippen LogP) is 2.16. The van der Waals surface area contributed by atoms with Crippen molar-refractivity contribution in [2.45, 2.75) is 13.5 Å². The molecule has 0 radical (unpaired) electrons. The van der Waals surface area contributed by atoms with Gasteiger partial charge in [-0.15, -0.1) is 5.10 Å². The summed E-state index contributed by atoms with van der Waals surface area (Å²) >= 11 is 1.31. The fourth-order valence-electron chi connectivity index (χ4n) is 1.44. The average Bonchev–Trinajstić information content (AvgIpc) is 2.80. The number of anilines is 1. The van der Waals surface area contributed by atoms with Gasteiger partial charge in [0.25, 0.3) is 0 Å². The largest absolute Gasteiger partial charge is 0.478 e. The molecule has 88 valence electrons. The Kier molecular flexibility index (Phi) is 3.34. The molecular weight excluding hydrogens is 238 g/mol. The molecule has 2 aromatic rings. The average molecular weight is 249 g/mol. The maximum absolute atomic E-state index is 10.8. The van der Waals surface area contributed by atoms with Crippen molar-refractivity contribution in [3.8, 4) is 0 Å². The molecule has 1 heterocycles. The van der Waals surface area contributed by atoms with E-state index in [9.17, 15) is 4.79 Å². The molecule has 0 aliphatic carbocycles.